The third kappa shape index (κ3) is 3.11. The van der Waals surface area contributed by atoms with Crippen LogP contribution in [0.2, 0.25) is 0 Å². The molecule has 2 heterocycles. The minimum atomic E-state index is 0.579. The highest BCUT2D eigenvalue weighted by Crippen LogP contribution is 2.28. The minimum Gasteiger partial charge on any atom is -0.449 e. The molecule has 0 aliphatic carbocycles. The minimum absolute atomic E-state index is 0.579. The highest BCUT2D eigenvalue weighted by Gasteiger charge is 2.08. The second-order valence-corrected chi connectivity index (χ2v) is 6.22. The quantitative estimate of drug-likeness (QED) is 0.596. The molecular weight excluding hydrogens is 310 g/mol. The summed E-state index contributed by atoms with van der Waals surface area (Å²) in [5, 5.41) is 1.10. The average molecular weight is 329 g/mol. The normalized spacial score (nSPS) is 11.1. The molecule has 2 aromatic heterocycles. The largest absolute Gasteiger partial charge is 0.449 e. The summed E-state index contributed by atoms with van der Waals surface area (Å²) in [7, 11) is 0. The first-order valence-electron chi connectivity index (χ1n) is 8.33. The van der Waals surface area contributed by atoms with Crippen molar-refractivity contribution in [1.82, 2.24) is 9.97 Å². The van der Waals surface area contributed by atoms with Crippen molar-refractivity contribution in [3.05, 3.63) is 78.0 Å². The molecule has 4 heteroatoms. The van der Waals surface area contributed by atoms with Crippen molar-refractivity contribution in [2.45, 2.75) is 19.8 Å². The van der Waals surface area contributed by atoms with E-state index in [1.807, 2.05) is 6.07 Å². The molecule has 0 aliphatic heterocycles. The second-order valence-electron chi connectivity index (χ2n) is 6.22. The van der Waals surface area contributed by atoms with Gasteiger partial charge < -0.3 is 10.2 Å². The van der Waals surface area contributed by atoms with E-state index in [4.69, 9.17) is 10.2 Å². The van der Waals surface area contributed by atoms with Gasteiger partial charge in [-0.3, -0.25) is 0 Å². The van der Waals surface area contributed by atoms with Crippen molar-refractivity contribution in [2.75, 3.05) is 5.73 Å². The number of nitrogen functional groups attached to an aromatic ring is 1. The van der Waals surface area contributed by atoms with Crippen LogP contribution in [0.5, 0.6) is 0 Å². The van der Waals surface area contributed by atoms with E-state index in [9.17, 15) is 0 Å². The number of rotatable bonds is 4. The molecule has 4 nitrogen and oxygen atoms in total. The fraction of sp³-hybridized carbons (Fsp3) is 0.143. The van der Waals surface area contributed by atoms with Crippen molar-refractivity contribution in [3.63, 3.8) is 0 Å². The number of nitrogens with two attached hydrogens (primary N) is 1. The molecule has 0 spiro atoms. The molecule has 0 aliphatic rings. The maximum atomic E-state index is 6.14. The summed E-state index contributed by atoms with van der Waals surface area (Å²) in [5.41, 5.74) is 11.8. The van der Waals surface area contributed by atoms with Gasteiger partial charge in [0.05, 0.1) is 11.7 Å². The Morgan fingerprint density at radius 3 is 2.72 bits per heavy atom. The first kappa shape index (κ1) is 15.4. The lowest BCUT2D eigenvalue weighted by Crippen LogP contribution is -2.00. The van der Waals surface area contributed by atoms with E-state index in [0.29, 0.717) is 5.82 Å². The van der Waals surface area contributed by atoms with Crippen LogP contribution in [0.15, 0.2) is 65.5 Å². The Morgan fingerprint density at radius 2 is 1.92 bits per heavy atom. The Hall–Kier alpha value is -3.14. The van der Waals surface area contributed by atoms with Crippen LogP contribution in [0, 0.1) is 6.92 Å². The van der Waals surface area contributed by atoms with Crippen molar-refractivity contribution in [2.24, 2.45) is 0 Å². The maximum Gasteiger partial charge on any atom is 0.180 e. The van der Waals surface area contributed by atoms with E-state index in [-0.39, 0.29) is 0 Å². The smallest absolute Gasteiger partial charge is 0.180 e. The van der Waals surface area contributed by atoms with E-state index in [0.717, 1.165) is 35.1 Å². The number of benzene rings is 2. The second kappa shape index (κ2) is 6.40. The van der Waals surface area contributed by atoms with Gasteiger partial charge in [-0.2, -0.15) is 0 Å². The van der Waals surface area contributed by atoms with Gasteiger partial charge in [0.1, 0.15) is 11.6 Å². The Bertz CT molecular complexity index is 1020. The standard InChI is InChI=1S/C21H19N3O/c1-14-4-2-3-5-19(14)15-7-9-20-17(10-15)11-16(21(22)24-20)6-8-18-12-23-13-25-18/h2-5,7,9-13H,6,8H2,1H3,(H2,22,24). The number of nitrogens with zero attached hydrogens (tertiary/aromatic N) is 2. The van der Waals surface area contributed by atoms with Gasteiger partial charge in [0.25, 0.3) is 0 Å². The summed E-state index contributed by atoms with van der Waals surface area (Å²) in [6.07, 6.45) is 4.72. The van der Waals surface area contributed by atoms with E-state index in [1.165, 1.54) is 23.1 Å². The number of hydrogen-bond donors (Lipinski definition) is 1. The van der Waals surface area contributed by atoms with Gasteiger partial charge in [-0.05, 0) is 53.8 Å². The highest BCUT2D eigenvalue weighted by atomic mass is 16.3. The van der Waals surface area contributed by atoms with Gasteiger partial charge in [0, 0.05) is 11.8 Å². The van der Waals surface area contributed by atoms with E-state index in [2.05, 4.69) is 59.4 Å². The summed E-state index contributed by atoms with van der Waals surface area (Å²) in [5.74, 6) is 1.43. The molecule has 0 radical (unpaired) electrons. The number of oxazole rings is 1. The predicted molar refractivity (Wildman–Crippen MR) is 100 cm³/mol. The Morgan fingerprint density at radius 1 is 1.04 bits per heavy atom. The topological polar surface area (TPSA) is 64.9 Å². The van der Waals surface area contributed by atoms with Crippen LogP contribution in [0.4, 0.5) is 5.82 Å². The highest BCUT2D eigenvalue weighted by molar-refractivity contribution is 5.87. The molecule has 2 aromatic carbocycles. The maximum absolute atomic E-state index is 6.14. The van der Waals surface area contributed by atoms with Gasteiger partial charge in [-0.1, -0.05) is 30.3 Å². The van der Waals surface area contributed by atoms with Crippen LogP contribution in [-0.2, 0) is 12.8 Å². The molecule has 0 bridgehead atoms. The van der Waals surface area contributed by atoms with Crippen molar-refractivity contribution >= 4 is 16.7 Å². The third-order valence-corrected chi connectivity index (χ3v) is 4.51. The summed E-state index contributed by atoms with van der Waals surface area (Å²) in [4.78, 5) is 8.51. The first-order chi connectivity index (χ1) is 12.2. The van der Waals surface area contributed by atoms with E-state index in [1.54, 1.807) is 6.20 Å². The monoisotopic (exact) mass is 329 g/mol. The summed E-state index contributed by atoms with van der Waals surface area (Å²) < 4.78 is 5.30. The summed E-state index contributed by atoms with van der Waals surface area (Å²) in [6.45, 7) is 2.13. The Kier molecular flexibility index (Phi) is 3.94. The fourth-order valence-corrected chi connectivity index (χ4v) is 3.12. The van der Waals surface area contributed by atoms with Crippen LogP contribution < -0.4 is 5.73 Å². The lowest BCUT2D eigenvalue weighted by Gasteiger charge is -2.10. The molecule has 0 atom stereocenters. The van der Waals surface area contributed by atoms with Gasteiger partial charge in [-0.25, -0.2) is 9.97 Å². The number of anilines is 1. The van der Waals surface area contributed by atoms with Crippen LogP contribution >= 0.6 is 0 Å². The number of hydrogen-bond acceptors (Lipinski definition) is 4. The van der Waals surface area contributed by atoms with E-state index < -0.39 is 0 Å². The van der Waals surface area contributed by atoms with Crippen LogP contribution in [0.3, 0.4) is 0 Å². The summed E-state index contributed by atoms with van der Waals surface area (Å²) in [6, 6.07) is 16.9. The zero-order chi connectivity index (χ0) is 17.2. The van der Waals surface area contributed by atoms with Crippen molar-refractivity contribution in [3.8, 4) is 11.1 Å². The third-order valence-electron chi connectivity index (χ3n) is 4.51. The van der Waals surface area contributed by atoms with E-state index >= 15 is 0 Å². The number of pyridine rings is 1. The molecule has 0 fully saturated rings. The molecule has 0 saturated heterocycles. The molecule has 25 heavy (non-hydrogen) atoms. The molecule has 124 valence electrons. The lowest BCUT2D eigenvalue weighted by molar-refractivity contribution is 0.503. The molecule has 4 aromatic rings. The van der Waals surface area contributed by atoms with Crippen molar-refractivity contribution in [1.29, 1.82) is 0 Å². The first-order valence-corrected chi connectivity index (χ1v) is 8.33. The molecule has 0 amide bonds. The molecule has 4 rings (SSSR count). The zero-order valence-corrected chi connectivity index (χ0v) is 14.1. The SMILES string of the molecule is Cc1ccccc1-c1ccc2nc(N)c(CCc3cnco3)cc2c1. The van der Waals surface area contributed by atoms with Crippen LogP contribution in [0.25, 0.3) is 22.0 Å². The predicted octanol–water partition coefficient (Wildman–Crippen LogP) is 4.57. The fourth-order valence-electron chi connectivity index (χ4n) is 3.12. The molecular formula is C21H19N3O. The average Bonchev–Trinajstić information content (AvgIpc) is 3.13. The molecule has 0 saturated carbocycles. The van der Waals surface area contributed by atoms with Gasteiger partial charge in [0.15, 0.2) is 6.39 Å². The number of aromatic nitrogens is 2. The molecule has 2 N–H and O–H groups in total. The Labute approximate surface area is 146 Å². The van der Waals surface area contributed by atoms with Gasteiger partial charge in [0.2, 0.25) is 0 Å². The summed E-state index contributed by atoms with van der Waals surface area (Å²) >= 11 is 0. The Balaban J connectivity index is 1.71. The van der Waals surface area contributed by atoms with Gasteiger partial charge >= 0.3 is 0 Å². The molecule has 0 unspecified atom stereocenters. The van der Waals surface area contributed by atoms with Crippen molar-refractivity contribution < 1.29 is 4.42 Å². The van der Waals surface area contributed by atoms with Gasteiger partial charge in [-0.15, -0.1) is 0 Å². The van der Waals surface area contributed by atoms with Crippen LogP contribution in [0.1, 0.15) is 16.9 Å². The lowest BCUT2D eigenvalue weighted by atomic mass is 9.98. The van der Waals surface area contributed by atoms with Crippen LogP contribution in [-0.4, -0.2) is 9.97 Å². The zero-order valence-electron chi connectivity index (χ0n) is 14.1. The number of fused-ring (bicyclic) bond motifs is 1. The number of aryl methyl sites for hydroxylation is 3.